The second-order valence-corrected chi connectivity index (χ2v) is 6.47. The van der Waals surface area contributed by atoms with Crippen LogP contribution in [-0.2, 0) is 6.42 Å². The first kappa shape index (κ1) is 14.2. The molecule has 3 aromatic rings. The first-order valence-corrected chi connectivity index (χ1v) is 8.17. The number of hydrogen-bond acceptors (Lipinski definition) is 1. The Morgan fingerprint density at radius 3 is 2.55 bits per heavy atom. The average Bonchev–Trinajstić information content (AvgIpc) is 2.77. The SMILES string of the molecule is ClCCc1nc2cc(I)ccc2n1-c1ccc(Cl)cc1. The predicted octanol–water partition coefficient (Wildman–Crippen LogP) is 5.06. The largest absolute Gasteiger partial charge is 0.296 e. The lowest BCUT2D eigenvalue weighted by Crippen LogP contribution is -2.01. The van der Waals surface area contributed by atoms with Crippen molar-refractivity contribution >= 4 is 56.8 Å². The minimum absolute atomic E-state index is 0.550. The minimum Gasteiger partial charge on any atom is -0.296 e. The molecule has 1 aromatic heterocycles. The third-order valence-corrected chi connectivity index (χ3v) is 4.20. The smallest absolute Gasteiger partial charge is 0.115 e. The summed E-state index contributed by atoms with van der Waals surface area (Å²) >= 11 is 14.2. The van der Waals surface area contributed by atoms with Crippen molar-refractivity contribution in [1.29, 1.82) is 0 Å². The molecule has 102 valence electrons. The van der Waals surface area contributed by atoms with Crippen LogP contribution in [0.3, 0.4) is 0 Å². The van der Waals surface area contributed by atoms with E-state index < -0.39 is 0 Å². The van der Waals surface area contributed by atoms with Crippen LogP contribution in [0.4, 0.5) is 0 Å². The highest BCUT2D eigenvalue weighted by atomic mass is 127. The van der Waals surface area contributed by atoms with Gasteiger partial charge in [-0.3, -0.25) is 4.57 Å². The second-order valence-electron chi connectivity index (χ2n) is 4.41. The van der Waals surface area contributed by atoms with Crippen LogP contribution in [0.1, 0.15) is 5.82 Å². The maximum absolute atomic E-state index is 5.97. The number of hydrogen-bond donors (Lipinski definition) is 0. The van der Waals surface area contributed by atoms with E-state index in [-0.39, 0.29) is 0 Å². The molecule has 5 heteroatoms. The van der Waals surface area contributed by atoms with E-state index in [1.807, 2.05) is 24.3 Å². The maximum Gasteiger partial charge on any atom is 0.115 e. The molecule has 0 unspecified atom stereocenters. The number of nitrogens with zero attached hydrogens (tertiary/aromatic N) is 2. The highest BCUT2D eigenvalue weighted by Crippen LogP contribution is 2.24. The summed E-state index contributed by atoms with van der Waals surface area (Å²) in [6, 6.07) is 14.0. The van der Waals surface area contributed by atoms with Gasteiger partial charge in [-0.15, -0.1) is 11.6 Å². The van der Waals surface area contributed by atoms with Crippen LogP contribution in [0.25, 0.3) is 16.7 Å². The fraction of sp³-hybridized carbons (Fsp3) is 0.133. The third-order valence-electron chi connectivity index (χ3n) is 3.09. The van der Waals surface area contributed by atoms with Crippen LogP contribution in [-0.4, -0.2) is 15.4 Å². The van der Waals surface area contributed by atoms with Crippen molar-refractivity contribution in [3.05, 3.63) is 56.9 Å². The molecule has 0 bridgehead atoms. The first-order chi connectivity index (χ1) is 9.69. The molecule has 0 atom stereocenters. The van der Waals surface area contributed by atoms with Crippen molar-refractivity contribution in [2.45, 2.75) is 6.42 Å². The Hall–Kier alpha value is -0.780. The van der Waals surface area contributed by atoms with E-state index in [1.165, 1.54) is 3.57 Å². The number of halogens is 3. The molecule has 2 nitrogen and oxygen atoms in total. The molecule has 0 saturated carbocycles. The molecule has 0 aliphatic rings. The quantitative estimate of drug-likeness (QED) is 0.430. The van der Waals surface area contributed by atoms with Gasteiger partial charge in [0.25, 0.3) is 0 Å². The van der Waals surface area contributed by atoms with Gasteiger partial charge >= 0.3 is 0 Å². The molecule has 0 aliphatic heterocycles. The monoisotopic (exact) mass is 416 g/mol. The topological polar surface area (TPSA) is 17.8 Å². The van der Waals surface area contributed by atoms with Gasteiger partial charge in [0.15, 0.2) is 0 Å². The van der Waals surface area contributed by atoms with Crippen molar-refractivity contribution in [3.63, 3.8) is 0 Å². The summed E-state index contributed by atoms with van der Waals surface area (Å²) in [4.78, 5) is 4.70. The number of imidazole rings is 1. The Morgan fingerprint density at radius 1 is 1.10 bits per heavy atom. The van der Waals surface area contributed by atoms with E-state index >= 15 is 0 Å². The Kier molecular flexibility index (Phi) is 4.19. The Morgan fingerprint density at radius 2 is 1.85 bits per heavy atom. The fourth-order valence-corrected chi connectivity index (χ4v) is 3.00. The molecule has 0 N–H and O–H groups in total. The molecule has 0 amide bonds. The fourth-order valence-electron chi connectivity index (χ4n) is 2.23. The van der Waals surface area contributed by atoms with E-state index in [1.54, 1.807) is 0 Å². The summed E-state index contributed by atoms with van der Waals surface area (Å²) in [5.74, 6) is 1.52. The van der Waals surface area contributed by atoms with Crippen LogP contribution >= 0.6 is 45.8 Å². The van der Waals surface area contributed by atoms with Crippen LogP contribution in [0, 0.1) is 3.57 Å². The summed E-state index contributed by atoms with van der Waals surface area (Å²) in [5, 5.41) is 0.728. The van der Waals surface area contributed by atoms with Gasteiger partial charge in [-0.05, 0) is 65.1 Å². The van der Waals surface area contributed by atoms with Crippen LogP contribution in [0.15, 0.2) is 42.5 Å². The molecule has 1 heterocycles. The average molecular weight is 417 g/mol. The zero-order chi connectivity index (χ0) is 14.1. The zero-order valence-corrected chi connectivity index (χ0v) is 14.2. The molecule has 20 heavy (non-hydrogen) atoms. The van der Waals surface area contributed by atoms with Gasteiger partial charge in [-0.2, -0.15) is 0 Å². The van der Waals surface area contributed by atoms with Crippen molar-refractivity contribution in [2.75, 3.05) is 5.88 Å². The van der Waals surface area contributed by atoms with Crippen molar-refractivity contribution in [1.82, 2.24) is 9.55 Å². The molecular weight excluding hydrogens is 406 g/mol. The van der Waals surface area contributed by atoms with Crippen LogP contribution in [0.2, 0.25) is 5.02 Å². The van der Waals surface area contributed by atoms with Crippen LogP contribution < -0.4 is 0 Å². The van der Waals surface area contributed by atoms with E-state index in [2.05, 4.69) is 45.4 Å². The lowest BCUT2D eigenvalue weighted by atomic mass is 10.2. The van der Waals surface area contributed by atoms with Gasteiger partial charge < -0.3 is 0 Å². The van der Waals surface area contributed by atoms with E-state index in [4.69, 9.17) is 28.2 Å². The number of benzene rings is 2. The molecule has 0 spiro atoms. The second kappa shape index (κ2) is 5.92. The summed E-state index contributed by atoms with van der Waals surface area (Å²) in [5.41, 5.74) is 3.14. The summed E-state index contributed by atoms with van der Waals surface area (Å²) in [6.07, 6.45) is 0.732. The molecule has 3 rings (SSSR count). The van der Waals surface area contributed by atoms with E-state index in [0.717, 1.165) is 34.0 Å². The minimum atomic E-state index is 0.550. The lowest BCUT2D eigenvalue weighted by Gasteiger charge is -2.08. The lowest BCUT2D eigenvalue weighted by molar-refractivity contribution is 0.912. The molecule has 0 saturated heterocycles. The van der Waals surface area contributed by atoms with Gasteiger partial charge in [0, 0.05) is 26.6 Å². The number of alkyl halides is 1. The van der Waals surface area contributed by atoms with Gasteiger partial charge in [0.05, 0.1) is 11.0 Å². The normalized spacial score (nSPS) is 11.2. The first-order valence-electron chi connectivity index (χ1n) is 6.18. The Bertz CT molecular complexity index is 750. The summed E-state index contributed by atoms with van der Waals surface area (Å²) < 4.78 is 3.32. The van der Waals surface area contributed by atoms with Gasteiger partial charge in [0.1, 0.15) is 5.82 Å². The predicted molar refractivity (Wildman–Crippen MR) is 93.2 cm³/mol. The summed E-state index contributed by atoms with van der Waals surface area (Å²) in [6.45, 7) is 0. The van der Waals surface area contributed by atoms with Crippen LogP contribution in [0.5, 0.6) is 0 Å². The number of aromatic nitrogens is 2. The molecule has 0 aliphatic carbocycles. The van der Waals surface area contributed by atoms with Crippen molar-refractivity contribution in [3.8, 4) is 5.69 Å². The molecule has 0 radical (unpaired) electrons. The maximum atomic E-state index is 5.97. The Labute approximate surface area is 140 Å². The third kappa shape index (κ3) is 2.67. The van der Waals surface area contributed by atoms with E-state index in [0.29, 0.717) is 5.88 Å². The molecule has 0 fully saturated rings. The van der Waals surface area contributed by atoms with Crippen molar-refractivity contribution in [2.24, 2.45) is 0 Å². The standard InChI is InChI=1S/C15H11Cl2IN2/c16-8-7-15-19-13-9-11(18)3-6-14(13)20(15)12-4-1-10(17)2-5-12/h1-6,9H,7-8H2. The zero-order valence-electron chi connectivity index (χ0n) is 10.5. The summed E-state index contributed by atoms with van der Waals surface area (Å²) in [7, 11) is 0. The number of rotatable bonds is 3. The van der Waals surface area contributed by atoms with Crippen molar-refractivity contribution < 1.29 is 0 Å². The number of aryl methyl sites for hydroxylation is 1. The Balaban J connectivity index is 2.25. The van der Waals surface area contributed by atoms with Gasteiger partial charge in [0.2, 0.25) is 0 Å². The highest BCUT2D eigenvalue weighted by molar-refractivity contribution is 14.1. The van der Waals surface area contributed by atoms with E-state index in [9.17, 15) is 0 Å². The highest BCUT2D eigenvalue weighted by Gasteiger charge is 2.12. The molecular formula is C15H11Cl2IN2. The number of fused-ring (bicyclic) bond motifs is 1. The van der Waals surface area contributed by atoms with Gasteiger partial charge in [-0.25, -0.2) is 4.98 Å². The molecule has 2 aromatic carbocycles. The van der Waals surface area contributed by atoms with Gasteiger partial charge in [-0.1, -0.05) is 11.6 Å².